The van der Waals surface area contributed by atoms with Gasteiger partial charge in [0.15, 0.2) is 11.6 Å². The molecule has 2 aliphatic rings. The van der Waals surface area contributed by atoms with Gasteiger partial charge in [-0.05, 0) is 31.2 Å². The molecule has 0 unspecified atom stereocenters. The number of anilines is 1. The van der Waals surface area contributed by atoms with Crippen LogP contribution in [0, 0.1) is 19.3 Å². The number of H-pyrrole nitrogens is 1. The molecular weight excluding hydrogens is 298 g/mol. The average Bonchev–Trinajstić information content (AvgIpc) is 2.86. The van der Waals surface area contributed by atoms with Crippen LogP contribution in [0.1, 0.15) is 55.0 Å². The fraction of sp³-hybridized carbons (Fsp3) is 0.400. The highest BCUT2D eigenvalue weighted by Crippen LogP contribution is 2.49. The second-order valence-corrected chi connectivity index (χ2v) is 7.91. The second-order valence-electron chi connectivity index (χ2n) is 7.91. The molecule has 1 atom stereocenters. The van der Waals surface area contributed by atoms with Crippen LogP contribution >= 0.6 is 0 Å². The van der Waals surface area contributed by atoms with E-state index in [0.717, 1.165) is 40.3 Å². The van der Waals surface area contributed by atoms with Gasteiger partial charge in [-0.1, -0.05) is 43.7 Å². The topological polar surface area (TPSA) is 57.8 Å². The maximum atomic E-state index is 13.0. The molecule has 4 rings (SSSR count). The normalized spacial score (nSPS) is 22.0. The number of aromatic amines is 1. The zero-order valence-corrected chi connectivity index (χ0v) is 14.7. The number of nitrogens with one attached hydrogen (secondary N) is 2. The number of aromatic nitrogens is 2. The predicted octanol–water partition coefficient (Wildman–Crippen LogP) is 4.23. The minimum Gasteiger partial charge on any atom is -0.342 e. The largest absolute Gasteiger partial charge is 0.342 e. The molecule has 0 saturated carbocycles. The Morgan fingerprint density at radius 3 is 2.54 bits per heavy atom. The lowest BCUT2D eigenvalue weighted by Crippen LogP contribution is -2.33. The minimum absolute atomic E-state index is 0.0103. The third-order valence-corrected chi connectivity index (χ3v) is 5.17. The molecule has 0 amide bonds. The van der Waals surface area contributed by atoms with Crippen molar-refractivity contribution in [2.45, 2.75) is 46.5 Å². The molecule has 124 valence electrons. The number of carbonyl (C=O) groups excluding carboxylic acids is 1. The predicted molar refractivity (Wildman–Crippen MR) is 95.0 cm³/mol. The monoisotopic (exact) mass is 321 g/mol. The fourth-order valence-corrected chi connectivity index (χ4v) is 4.05. The van der Waals surface area contributed by atoms with Crippen molar-refractivity contribution in [1.29, 1.82) is 0 Å². The zero-order valence-electron chi connectivity index (χ0n) is 14.7. The number of hydrogen-bond donors (Lipinski definition) is 2. The number of aryl methyl sites for hydroxylation is 2. The number of Topliss-reactive ketones (excluding diaryl/α,β-unsaturated/α-hetero) is 1. The average molecular weight is 321 g/mol. The first-order chi connectivity index (χ1) is 11.4. The highest BCUT2D eigenvalue weighted by molar-refractivity contribution is 6.01. The van der Waals surface area contributed by atoms with Crippen molar-refractivity contribution in [3.8, 4) is 0 Å². The van der Waals surface area contributed by atoms with E-state index in [1.807, 2.05) is 6.92 Å². The van der Waals surface area contributed by atoms with Crippen LogP contribution in [-0.2, 0) is 4.79 Å². The summed E-state index contributed by atoms with van der Waals surface area (Å²) in [6, 6.07) is 8.51. The molecule has 2 N–H and O–H groups in total. The summed E-state index contributed by atoms with van der Waals surface area (Å²) in [5, 5.41) is 11.0. The Hall–Kier alpha value is -2.36. The van der Waals surface area contributed by atoms with Gasteiger partial charge in [-0.3, -0.25) is 9.89 Å². The summed E-state index contributed by atoms with van der Waals surface area (Å²) in [7, 11) is 0. The summed E-state index contributed by atoms with van der Waals surface area (Å²) < 4.78 is 0. The molecule has 24 heavy (non-hydrogen) atoms. The van der Waals surface area contributed by atoms with E-state index in [0.29, 0.717) is 6.42 Å². The van der Waals surface area contributed by atoms with E-state index in [1.165, 1.54) is 5.56 Å². The van der Waals surface area contributed by atoms with Gasteiger partial charge in [0.1, 0.15) is 0 Å². The molecule has 1 aliphatic heterocycles. The van der Waals surface area contributed by atoms with Gasteiger partial charge in [-0.2, -0.15) is 5.10 Å². The van der Waals surface area contributed by atoms with E-state index in [2.05, 4.69) is 60.6 Å². The van der Waals surface area contributed by atoms with Gasteiger partial charge < -0.3 is 5.32 Å². The van der Waals surface area contributed by atoms with Crippen LogP contribution in [0.4, 0.5) is 5.82 Å². The minimum atomic E-state index is -0.0285. The number of carbonyl (C=O) groups is 1. The van der Waals surface area contributed by atoms with Crippen molar-refractivity contribution in [2.24, 2.45) is 5.41 Å². The molecule has 0 bridgehead atoms. The number of ketones is 1. The maximum Gasteiger partial charge on any atom is 0.162 e. The van der Waals surface area contributed by atoms with Crippen LogP contribution in [0.15, 0.2) is 35.5 Å². The van der Waals surface area contributed by atoms with Gasteiger partial charge in [0.05, 0.1) is 0 Å². The Labute approximate surface area is 142 Å². The van der Waals surface area contributed by atoms with Gasteiger partial charge in [0, 0.05) is 34.9 Å². The number of fused-ring (bicyclic) bond motifs is 1. The van der Waals surface area contributed by atoms with E-state index in [1.54, 1.807) is 0 Å². The van der Waals surface area contributed by atoms with E-state index in [9.17, 15) is 4.79 Å². The number of nitrogens with zero attached hydrogens (tertiary/aromatic N) is 1. The lowest BCUT2D eigenvalue weighted by Gasteiger charge is -2.38. The van der Waals surface area contributed by atoms with Crippen molar-refractivity contribution >= 4 is 11.6 Å². The van der Waals surface area contributed by atoms with Gasteiger partial charge in [-0.25, -0.2) is 0 Å². The molecule has 0 saturated heterocycles. The Bertz CT molecular complexity index is 856. The molecule has 0 radical (unpaired) electrons. The van der Waals surface area contributed by atoms with E-state index >= 15 is 0 Å². The summed E-state index contributed by atoms with van der Waals surface area (Å²) in [6.45, 7) is 8.42. The summed E-state index contributed by atoms with van der Waals surface area (Å²) >= 11 is 0. The van der Waals surface area contributed by atoms with Crippen molar-refractivity contribution in [3.63, 3.8) is 0 Å². The number of benzene rings is 1. The van der Waals surface area contributed by atoms with E-state index in [4.69, 9.17) is 0 Å². The zero-order chi connectivity index (χ0) is 17.1. The second kappa shape index (κ2) is 5.07. The van der Waals surface area contributed by atoms with Crippen molar-refractivity contribution in [1.82, 2.24) is 10.2 Å². The quantitative estimate of drug-likeness (QED) is 0.826. The SMILES string of the molecule is Cc1ccc([C@H]2C3=C(CC(C)(C)CC3=O)Nc3n[nH]c(C)c32)cc1. The van der Waals surface area contributed by atoms with Crippen LogP contribution in [0.25, 0.3) is 0 Å². The van der Waals surface area contributed by atoms with E-state index < -0.39 is 0 Å². The highest BCUT2D eigenvalue weighted by Gasteiger charge is 2.42. The highest BCUT2D eigenvalue weighted by atomic mass is 16.1. The van der Waals surface area contributed by atoms with E-state index in [-0.39, 0.29) is 17.1 Å². The summed E-state index contributed by atoms with van der Waals surface area (Å²) in [4.78, 5) is 13.0. The van der Waals surface area contributed by atoms with Gasteiger partial charge in [0.25, 0.3) is 0 Å². The molecule has 1 aromatic carbocycles. The van der Waals surface area contributed by atoms with Gasteiger partial charge in [0.2, 0.25) is 0 Å². The lowest BCUT2D eigenvalue weighted by atomic mass is 9.69. The van der Waals surface area contributed by atoms with Crippen LogP contribution in [0.2, 0.25) is 0 Å². The molecule has 0 spiro atoms. The standard InChI is InChI=1S/C20H23N3O/c1-11-5-7-13(8-6-11)17-16-12(2)22-23-19(16)21-14-9-20(3,4)10-15(24)18(14)17/h5-8,17H,9-10H2,1-4H3,(H2,21,22,23)/t17-/m1/s1. The molecule has 1 aromatic heterocycles. The Morgan fingerprint density at radius 2 is 1.83 bits per heavy atom. The molecule has 4 heteroatoms. The molecule has 4 nitrogen and oxygen atoms in total. The first-order valence-electron chi connectivity index (χ1n) is 8.50. The molecular formula is C20H23N3O. The Kier molecular flexibility index (Phi) is 3.21. The molecule has 0 fully saturated rings. The molecule has 2 aromatic rings. The van der Waals surface area contributed by atoms with Gasteiger partial charge >= 0.3 is 0 Å². The van der Waals surface area contributed by atoms with Crippen molar-refractivity contribution in [2.75, 3.05) is 5.32 Å². The first kappa shape index (κ1) is 15.2. The first-order valence-corrected chi connectivity index (χ1v) is 8.50. The molecule has 2 heterocycles. The number of allylic oxidation sites excluding steroid dienone is 2. The van der Waals surface area contributed by atoms with Crippen LogP contribution < -0.4 is 5.32 Å². The van der Waals surface area contributed by atoms with Crippen LogP contribution in [0.5, 0.6) is 0 Å². The summed E-state index contributed by atoms with van der Waals surface area (Å²) in [5.74, 6) is 1.09. The maximum absolute atomic E-state index is 13.0. The lowest BCUT2D eigenvalue weighted by molar-refractivity contribution is -0.118. The molecule has 1 aliphatic carbocycles. The third kappa shape index (κ3) is 2.29. The fourth-order valence-electron chi connectivity index (χ4n) is 4.05. The van der Waals surface area contributed by atoms with Crippen molar-refractivity contribution < 1.29 is 4.79 Å². The Morgan fingerprint density at radius 1 is 1.12 bits per heavy atom. The van der Waals surface area contributed by atoms with Crippen molar-refractivity contribution in [3.05, 3.63) is 57.9 Å². The summed E-state index contributed by atoms with van der Waals surface area (Å²) in [5.41, 5.74) is 6.47. The van der Waals surface area contributed by atoms with Crippen LogP contribution in [-0.4, -0.2) is 16.0 Å². The smallest absolute Gasteiger partial charge is 0.162 e. The Balaban J connectivity index is 1.93. The number of hydrogen-bond acceptors (Lipinski definition) is 3. The third-order valence-electron chi connectivity index (χ3n) is 5.17. The summed E-state index contributed by atoms with van der Waals surface area (Å²) in [6.07, 6.45) is 1.48. The van der Waals surface area contributed by atoms with Crippen LogP contribution in [0.3, 0.4) is 0 Å². The number of rotatable bonds is 1. The van der Waals surface area contributed by atoms with Gasteiger partial charge in [-0.15, -0.1) is 0 Å².